The largest absolute Gasteiger partial charge is 0.393 e. The summed E-state index contributed by atoms with van der Waals surface area (Å²) in [4.78, 5) is 11.7. The van der Waals surface area contributed by atoms with Gasteiger partial charge in [0.25, 0.3) is 0 Å². The minimum atomic E-state index is -0.284. The van der Waals surface area contributed by atoms with Crippen molar-refractivity contribution in [3.05, 3.63) is 22.9 Å². The van der Waals surface area contributed by atoms with E-state index in [9.17, 15) is 4.79 Å². The van der Waals surface area contributed by atoms with Crippen LogP contribution in [0.25, 0.3) is 0 Å². The molecule has 0 radical (unpaired) electrons. The van der Waals surface area contributed by atoms with Crippen LogP contribution in [0.15, 0.2) is 17.2 Å². The lowest BCUT2D eigenvalue weighted by atomic mass is 10.2. The van der Waals surface area contributed by atoms with Crippen LogP contribution in [0, 0.1) is 0 Å². The molecule has 0 aliphatic rings. The molecule has 0 aromatic carbocycles. The van der Waals surface area contributed by atoms with Gasteiger partial charge in [0.1, 0.15) is 0 Å². The van der Waals surface area contributed by atoms with Gasteiger partial charge in [0, 0.05) is 25.0 Å². The fraction of sp³-hybridized carbons (Fsp3) is 0.727. The number of aryl methyl sites for hydroxylation is 1. The first-order chi connectivity index (χ1) is 7.02. The van der Waals surface area contributed by atoms with E-state index in [2.05, 4.69) is 0 Å². The lowest BCUT2D eigenvalue weighted by Crippen LogP contribution is -2.25. The van der Waals surface area contributed by atoms with Crippen molar-refractivity contribution in [1.82, 2.24) is 9.13 Å². The van der Waals surface area contributed by atoms with Crippen molar-refractivity contribution in [2.75, 3.05) is 0 Å². The van der Waals surface area contributed by atoms with Gasteiger partial charge in [-0.1, -0.05) is 0 Å². The minimum Gasteiger partial charge on any atom is -0.393 e. The van der Waals surface area contributed by atoms with Gasteiger partial charge in [-0.3, -0.25) is 9.13 Å². The fourth-order valence-electron chi connectivity index (χ4n) is 1.55. The molecule has 0 bridgehead atoms. The van der Waals surface area contributed by atoms with Gasteiger partial charge in [-0.25, -0.2) is 4.79 Å². The maximum Gasteiger partial charge on any atom is 0.328 e. The summed E-state index contributed by atoms with van der Waals surface area (Å²) in [5.74, 6) is 0. The van der Waals surface area contributed by atoms with E-state index in [4.69, 9.17) is 5.11 Å². The molecule has 0 spiro atoms. The molecule has 86 valence electrons. The highest BCUT2D eigenvalue weighted by atomic mass is 16.3. The summed E-state index contributed by atoms with van der Waals surface area (Å²) >= 11 is 0. The second-order valence-corrected chi connectivity index (χ2v) is 4.27. The number of rotatable bonds is 5. The van der Waals surface area contributed by atoms with Gasteiger partial charge >= 0.3 is 5.69 Å². The normalized spacial score (nSPS) is 13.4. The molecule has 0 aliphatic heterocycles. The van der Waals surface area contributed by atoms with Crippen LogP contribution >= 0.6 is 0 Å². The van der Waals surface area contributed by atoms with Crippen LogP contribution in [0.5, 0.6) is 0 Å². The summed E-state index contributed by atoms with van der Waals surface area (Å²) in [5, 5.41) is 9.10. The molecule has 0 fully saturated rings. The molecule has 1 unspecified atom stereocenters. The minimum absolute atomic E-state index is 0.0376. The quantitative estimate of drug-likeness (QED) is 0.801. The van der Waals surface area contributed by atoms with Crippen molar-refractivity contribution in [2.45, 2.75) is 52.3 Å². The van der Waals surface area contributed by atoms with Gasteiger partial charge < -0.3 is 5.11 Å². The zero-order valence-electron chi connectivity index (χ0n) is 9.68. The Morgan fingerprint density at radius 2 is 2.00 bits per heavy atom. The Morgan fingerprint density at radius 3 is 2.47 bits per heavy atom. The first-order valence-electron chi connectivity index (χ1n) is 5.47. The van der Waals surface area contributed by atoms with E-state index >= 15 is 0 Å². The van der Waals surface area contributed by atoms with E-state index in [0.29, 0.717) is 6.54 Å². The van der Waals surface area contributed by atoms with Crippen molar-refractivity contribution in [2.24, 2.45) is 0 Å². The Labute approximate surface area is 90.2 Å². The van der Waals surface area contributed by atoms with Crippen LogP contribution in [0.1, 0.15) is 39.7 Å². The van der Waals surface area contributed by atoms with Crippen LogP contribution in [-0.4, -0.2) is 20.3 Å². The topological polar surface area (TPSA) is 47.2 Å². The molecule has 1 rings (SSSR count). The first kappa shape index (κ1) is 12.0. The van der Waals surface area contributed by atoms with Gasteiger partial charge in [-0.05, 0) is 33.6 Å². The van der Waals surface area contributed by atoms with Crippen molar-refractivity contribution < 1.29 is 5.11 Å². The van der Waals surface area contributed by atoms with Gasteiger partial charge in [-0.2, -0.15) is 0 Å². The summed E-state index contributed by atoms with van der Waals surface area (Å²) in [5.41, 5.74) is 0.0376. The molecule has 0 saturated carbocycles. The third kappa shape index (κ3) is 3.23. The van der Waals surface area contributed by atoms with Gasteiger partial charge in [0.2, 0.25) is 0 Å². The summed E-state index contributed by atoms with van der Waals surface area (Å²) in [7, 11) is 0. The molecule has 1 aromatic heterocycles. The molecule has 1 N–H and O–H groups in total. The van der Waals surface area contributed by atoms with Crippen molar-refractivity contribution in [3.63, 3.8) is 0 Å². The van der Waals surface area contributed by atoms with Gasteiger partial charge in [-0.15, -0.1) is 0 Å². The predicted molar refractivity (Wildman–Crippen MR) is 60.0 cm³/mol. The van der Waals surface area contributed by atoms with E-state index in [0.717, 1.165) is 12.8 Å². The summed E-state index contributed by atoms with van der Waals surface area (Å²) in [6.07, 6.45) is 4.91. The monoisotopic (exact) mass is 212 g/mol. The average molecular weight is 212 g/mol. The lowest BCUT2D eigenvalue weighted by Gasteiger charge is -2.06. The predicted octanol–water partition coefficient (Wildman–Crippen LogP) is 1.39. The van der Waals surface area contributed by atoms with Crippen LogP contribution < -0.4 is 5.69 Å². The zero-order chi connectivity index (χ0) is 11.4. The molecule has 4 heteroatoms. The Balaban J connectivity index is 2.59. The average Bonchev–Trinajstić information content (AvgIpc) is 2.47. The second kappa shape index (κ2) is 5.16. The molecule has 1 heterocycles. The highest BCUT2D eigenvalue weighted by Gasteiger charge is 2.05. The van der Waals surface area contributed by atoms with Crippen LogP contribution in [0.4, 0.5) is 0 Å². The summed E-state index contributed by atoms with van der Waals surface area (Å²) in [6, 6.07) is 0.204. The van der Waals surface area contributed by atoms with Crippen LogP contribution in [-0.2, 0) is 6.54 Å². The molecular formula is C11H20N2O2. The van der Waals surface area contributed by atoms with E-state index in [1.807, 2.05) is 26.2 Å². The Bertz CT molecular complexity index is 350. The Kier molecular flexibility index (Phi) is 4.15. The van der Waals surface area contributed by atoms with Crippen LogP contribution in [0.2, 0.25) is 0 Å². The van der Waals surface area contributed by atoms with E-state index in [1.54, 1.807) is 16.1 Å². The van der Waals surface area contributed by atoms with Crippen molar-refractivity contribution in [1.29, 1.82) is 0 Å². The second-order valence-electron chi connectivity index (χ2n) is 4.27. The number of aliphatic hydroxyl groups excluding tert-OH is 1. The highest BCUT2D eigenvalue weighted by molar-refractivity contribution is 4.83. The van der Waals surface area contributed by atoms with Gasteiger partial charge in [0.15, 0.2) is 0 Å². The maximum atomic E-state index is 11.7. The number of imidazole rings is 1. The van der Waals surface area contributed by atoms with Gasteiger partial charge in [0.05, 0.1) is 6.10 Å². The first-order valence-corrected chi connectivity index (χ1v) is 5.47. The van der Waals surface area contributed by atoms with E-state index in [-0.39, 0.29) is 17.8 Å². The molecule has 0 saturated heterocycles. The van der Waals surface area contributed by atoms with Crippen molar-refractivity contribution >= 4 is 0 Å². The molecule has 4 nitrogen and oxygen atoms in total. The number of hydrogen-bond acceptors (Lipinski definition) is 2. The van der Waals surface area contributed by atoms with E-state index < -0.39 is 0 Å². The summed E-state index contributed by atoms with van der Waals surface area (Å²) in [6.45, 7) is 6.43. The number of aromatic nitrogens is 2. The smallest absolute Gasteiger partial charge is 0.328 e. The number of aliphatic hydroxyl groups is 1. The third-order valence-electron chi connectivity index (χ3n) is 2.45. The van der Waals surface area contributed by atoms with Crippen molar-refractivity contribution in [3.8, 4) is 0 Å². The fourth-order valence-corrected chi connectivity index (χ4v) is 1.55. The SMILES string of the molecule is CC(O)CCCn1ccn(C(C)C)c1=O. The lowest BCUT2D eigenvalue weighted by molar-refractivity contribution is 0.179. The highest BCUT2D eigenvalue weighted by Crippen LogP contribution is 2.01. The molecular weight excluding hydrogens is 192 g/mol. The van der Waals surface area contributed by atoms with Crippen LogP contribution in [0.3, 0.4) is 0 Å². The molecule has 0 amide bonds. The summed E-state index contributed by atoms with van der Waals surface area (Å²) < 4.78 is 3.41. The molecule has 1 aromatic rings. The zero-order valence-corrected chi connectivity index (χ0v) is 9.68. The molecule has 15 heavy (non-hydrogen) atoms. The third-order valence-corrected chi connectivity index (χ3v) is 2.45. The number of hydrogen-bond donors (Lipinski definition) is 1. The Hall–Kier alpha value is -1.03. The standard InChI is InChI=1S/C11H20N2O2/c1-9(2)13-8-7-12(11(13)15)6-4-5-10(3)14/h7-10,14H,4-6H2,1-3H3. The Morgan fingerprint density at radius 1 is 1.33 bits per heavy atom. The molecule has 1 atom stereocenters. The maximum absolute atomic E-state index is 11.7. The number of nitrogens with zero attached hydrogens (tertiary/aromatic N) is 2. The molecule has 0 aliphatic carbocycles. The van der Waals surface area contributed by atoms with E-state index in [1.165, 1.54) is 0 Å².